The van der Waals surface area contributed by atoms with E-state index < -0.39 is 0 Å². The molecule has 0 saturated heterocycles. The first kappa shape index (κ1) is 18.4. The van der Waals surface area contributed by atoms with Gasteiger partial charge in [-0.3, -0.25) is 4.98 Å². The summed E-state index contributed by atoms with van der Waals surface area (Å²) in [6.45, 7) is 10.8. The van der Waals surface area contributed by atoms with E-state index in [9.17, 15) is 5.11 Å². The van der Waals surface area contributed by atoms with Gasteiger partial charge in [0.2, 0.25) is 0 Å². The molecule has 0 aliphatic carbocycles. The lowest BCUT2D eigenvalue weighted by Gasteiger charge is -2.22. The fraction of sp³-hybridized carbons (Fsp3) is 0.409. The molecule has 0 saturated carbocycles. The van der Waals surface area contributed by atoms with Crippen LogP contribution in [-0.2, 0) is 6.61 Å². The average Bonchev–Trinajstić information content (AvgIpc) is 2.58. The standard InChI is InChI=1S/C22H29NO/c1-6-7-13-18-20(17-11-9-8-10-12-17)19(14-24)22(16(4)5)23-21(18)15(2)3/h7-13,15-16,24H,6,14H2,1-5H3/b13-7+. The van der Waals surface area contributed by atoms with Gasteiger partial charge in [-0.2, -0.15) is 0 Å². The normalized spacial score (nSPS) is 11.8. The maximum Gasteiger partial charge on any atom is 0.0706 e. The number of allylic oxidation sites excluding steroid dienone is 1. The Kier molecular flexibility index (Phi) is 6.33. The van der Waals surface area contributed by atoms with Crippen LogP contribution in [0.15, 0.2) is 36.4 Å². The third-order valence-electron chi connectivity index (χ3n) is 4.23. The lowest BCUT2D eigenvalue weighted by Crippen LogP contribution is -2.10. The monoisotopic (exact) mass is 323 g/mol. The average molecular weight is 323 g/mol. The number of aliphatic hydroxyl groups is 1. The summed E-state index contributed by atoms with van der Waals surface area (Å²) in [5.74, 6) is 0.602. The Bertz CT molecular complexity index is 700. The summed E-state index contributed by atoms with van der Waals surface area (Å²) >= 11 is 0. The van der Waals surface area contributed by atoms with E-state index in [0.29, 0.717) is 5.92 Å². The van der Waals surface area contributed by atoms with Gasteiger partial charge in [-0.1, -0.05) is 77.1 Å². The highest BCUT2D eigenvalue weighted by molar-refractivity contribution is 5.80. The minimum atomic E-state index is 0.0100. The molecular weight excluding hydrogens is 294 g/mol. The summed E-state index contributed by atoms with van der Waals surface area (Å²) < 4.78 is 0. The van der Waals surface area contributed by atoms with Crippen molar-refractivity contribution in [1.29, 1.82) is 0 Å². The third-order valence-corrected chi connectivity index (χ3v) is 4.23. The van der Waals surface area contributed by atoms with E-state index in [4.69, 9.17) is 4.98 Å². The molecule has 2 nitrogen and oxygen atoms in total. The summed E-state index contributed by atoms with van der Waals surface area (Å²) in [4.78, 5) is 4.97. The van der Waals surface area contributed by atoms with Crippen molar-refractivity contribution in [3.05, 3.63) is 58.9 Å². The first-order chi connectivity index (χ1) is 11.5. The molecule has 2 aromatic rings. The Hall–Kier alpha value is -1.93. The highest BCUT2D eigenvalue weighted by atomic mass is 16.3. The molecule has 1 aromatic carbocycles. The SMILES string of the molecule is CC/C=C/c1c(C(C)C)nc(C(C)C)c(CO)c1-c1ccccc1. The molecule has 0 spiro atoms. The second-order valence-electron chi connectivity index (χ2n) is 6.79. The van der Waals surface area contributed by atoms with E-state index in [1.165, 1.54) is 0 Å². The van der Waals surface area contributed by atoms with Gasteiger partial charge in [-0.25, -0.2) is 0 Å². The van der Waals surface area contributed by atoms with Crippen LogP contribution in [0, 0.1) is 0 Å². The Labute approximate surface area is 146 Å². The van der Waals surface area contributed by atoms with Crippen LogP contribution in [0.5, 0.6) is 0 Å². The highest BCUT2D eigenvalue weighted by Gasteiger charge is 2.21. The minimum absolute atomic E-state index is 0.0100. The van der Waals surface area contributed by atoms with Gasteiger partial charge in [-0.15, -0.1) is 0 Å². The molecule has 0 unspecified atom stereocenters. The van der Waals surface area contributed by atoms with E-state index in [1.54, 1.807) is 0 Å². The fourth-order valence-electron chi connectivity index (χ4n) is 3.09. The number of benzene rings is 1. The van der Waals surface area contributed by atoms with Crippen molar-refractivity contribution < 1.29 is 5.11 Å². The molecule has 0 fully saturated rings. The van der Waals surface area contributed by atoms with Gasteiger partial charge in [0.05, 0.1) is 12.3 Å². The third kappa shape index (κ3) is 3.76. The molecule has 1 N–H and O–H groups in total. The Morgan fingerprint density at radius 1 is 1.00 bits per heavy atom. The van der Waals surface area contributed by atoms with Gasteiger partial charge < -0.3 is 5.11 Å². The number of rotatable bonds is 6. The topological polar surface area (TPSA) is 33.1 Å². The van der Waals surface area contributed by atoms with Crippen LogP contribution in [0.3, 0.4) is 0 Å². The number of hydrogen-bond acceptors (Lipinski definition) is 2. The molecular formula is C22H29NO. The maximum atomic E-state index is 10.1. The predicted octanol–water partition coefficient (Wildman–Crippen LogP) is 5.91. The quantitative estimate of drug-likeness (QED) is 0.716. The Morgan fingerprint density at radius 2 is 1.62 bits per heavy atom. The van der Waals surface area contributed by atoms with Crippen molar-refractivity contribution in [3.8, 4) is 11.1 Å². The van der Waals surface area contributed by atoms with Gasteiger partial charge in [0.15, 0.2) is 0 Å². The van der Waals surface area contributed by atoms with Gasteiger partial charge in [0.1, 0.15) is 0 Å². The van der Waals surface area contributed by atoms with Crippen molar-refractivity contribution >= 4 is 6.08 Å². The first-order valence-electron chi connectivity index (χ1n) is 8.90. The molecule has 0 radical (unpaired) electrons. The molecule has 1 aromatic heterocycles. The van der Waals surface area contributed by atoms with Crippen LogP contribution in [0.25, 0.3) is 17.2 Å². The van der Waals surface area contributed by atoms with E-state index in [0.717, 1.165) is 40.1 Å². The van der Waals surface area contributed by atoms with Crippen molar-refractivity contribution in [3.63, 3.8) is 0 Å². The lowest BCUT2D eigenvalue weighted by molar-refractivity contribution is 0.280. The predicted molar refractivity (Wildman–Crippen MR) is 103 cm³/mol. The summed E-state index contributed by atoms with van der Waals surface area (Å²) in [5, 5.41) is 10.1. The number of aliphatic hydroxyl groups excluding tert-OH is 1. The fourth-order valence-corrected chi connectivity index (χ4v) is 3.09. The van der Waals surface area contributed by atoms with Crippen LogP contribution >= 0.6 is 0 Å². The molecule has 0 aliphatic rings. The largest absolute Gasteiger partial charge is 0.392 e. The molecule has 24 heavy (non-hydrogen) atoms. The molecule has 128 valence electrons. The smallest absolute Gasteiger partial charge is 0.0706 e. The van der Waals surface area contributed by atoms with Crippen LogP contribution in [0.2, 0.25) is 0 Å². The Balaban J connectivity index is 2.91. The summed E-state index contributed by atoms with van der Waals surface area (Å²) in [7, 11) is 0. The molecule has 0 bridgehead atoms. The minimum Gasteiger partial charge on any atom is -0.392 e. The summed E-state index contributed by atoms with van der Waals surface area (Å²) in [5.41, 5.74) is 6.49. The Morgan fingerprint density at radius 3 is 2.12 bits per heavy atom. The van der Waals surface area contributed by atoms with Crippen molar-refractivity contribution in [2.45, 2.75) is 59.5 Å². The van der Waals surface area contributed by atoms with E-state index >= 15 is 0 Å². The summed E-state index contributed by atoms with van der Waals surface area (Å²) in [6, 6.07) is 10.4. The zero-order valence-electron chi connectivity index (χ0n) is 15.5. The molecule has 2 heteroatoms. The second kappa shape index (κ2) is 8.25. The van der Waals surface area contributed by atoms with Crippen LogP contribution < -0.4 is 0 Å². The summed E-state index contributed by atoms with van der Waals surface area (Å²) in [6.07, 6.45) is 5.33. The van der Waals surface area contributed by atoms with Gasteiger partial charge >= 0.3 is 0 Å². The van der Waals surface area contributed by atoms with Crippen LogP contribution in [0.4, 0.5) is 0 Å². The number of hydrogen-bond donors (Lipinski definition) is 1. The van der Waals surface area contributed by atoms with Crippen LogP contribution in [0.1, 0.15) is 75.4 Å². The molecule has 1 heterocycles. The van der Waals surface area contributed by atoms with Crippen molar-refractivity contribution in [1.82, 2.24) is 4.98 Å². The molecule has 0 atom stereocenters. The van der Waals surface area contributed by atoms with E-state index in [1.807, 2.05) is 18.2 Å². The second-order valence-corrected chi connectivity index (χ2v) is 6.79. The van der Waals surface area contributed by atoms with Crippen LogP contribution in [-0.4, -0.2) is 10.1 Å². The van der Waals surface area contributed by atoms with Crippen molar-refractivity contribution in [2.75, 3.05) is 0 Å². The number of nitrogens with zero attached hydrogens (tertiary/aromatic N) is 1. The molecule has 0 amide bonds. The highest BCUT2D eigenvalue weighted by Crippen LogP contribution is 2.37. The molecule has 0 aliphatic heterocycles. The zero-order valence-corrected chi connectivity index (χ0v) is 15.5. The zero-order chi connectivity index (χ0) is 17.7. The molecule has 2 rings (SSSR count). The number of pyridine rings is 1. The first-order valence-corrected chi connectivity index (χ1v) is 8.90. The number of aromatic nitrogens is 1. The maximum absolute atomic E-state index is 10.1. The lowest BCUT2D eigenvalue weighted by atomic mass is 9.87. The van der Waals surface area contributed by atoms with Gasteiger partial charge in [0.25, 0.3) is 0 Å². The van der Waals surface area contributed by atoms with Gasteiger partial charge in [0, 0.05) is 16.8 Å². The van der Waals surface area contributed by atoms with Gasteiger partial charge in [-0.05, 0) is 29.4 Å². The van der Waals surface area contributed by atoms with Crippen molar-refractivity contribution in [2.24, 2.45) is 0 Å². The van der Waals surface area contributed by atoms with E-state index in [2.05, 4.69) is 58.9 Å². The van der Waals surface area contributed by atoms with E-state index in [-0.39, 0.29) is 12.5 Å².